The third-order valence-electron chi connectivity index (χ3n) is 4.06. The van der Waals surface area contributed by atoms with Gasteiger partial charge >= 0.3 is 6.09 Å². The Morgan fingerprint density at radius 3 is 2.36 bits per heavy atom. The Labute approximate surface area is 147 Å². The van der Waals surface area contributed by atoms with E-state index < -0.39 is 15.8 Å². The first kappa shape index (κ1) is 17.3. The van der Waals surface area contributed by atoms with Crippen LogP contribution in [0.5, 0.6) is 0 Å². The van der Waals surface area contributed by atoms with E-state index in [1.807, 2.05) is 54.6 Å². The zero-order valence-electron chi connectivity index (χ0n) is 13.8. The molecule has 0 bridgehead atoms. The van der Waals surface area contributed by atoms with Gasteiger partial charge in [-0.2, -0.15) is 0 Å². The molecule has 1 amide bonds. The molecule has 2 aromatic carbocycles. The Kier molecular flexibility index (Phi) is 5.23. The number of hydrogen-bond donors (Lipinski definition) is 1. The summed E-state index contributed by atoms with van der Waals surface area (Å²) in [7, 11) is -2.56. The van der Waals surface area contributed by atoms with Gasteiger partial charge in [-0.3, -0.25) is 0 Å². The monoisotopic (exact) mass is 359 g/mol. The molecule has 0 saturated carbocycles. The van der Waals surface area contributed by atoms with Gasteiger partial charge in [0.25, 0.3) is 0 Å². The molecule has 0 unspecified atom stereocenters. The van der Waals surface area contributed by atoms with E-state index in [0.717, 1.165) is 11.3 Å². The minimum absolute atomic E-state index is 0.135. The molecule has 0 radical (unpaired) electrons. The number of nitrogens with two attached hydrogens (primary N) is 1. The smallest absolute Gasteiger partial charge is 0.442 e. The minimum atomic E-state index is -2.56. The maximum absolute atomic E-state index is 12.7. The Hall–Kier alpha value is -2.54. The zero-order valence-corrected chi connectivity index (χ0v) is 14.7. The molecular weight excluding hydrogens is 338 g/mol. The first-order valence-electron chi connectivity index (χ1n) is 8.08. The fourth-order valence-electron chi connectivity index (χ4n) is 2.64. The first-order chi connectivity index (χ1) is 12.0. The van der Waals surface area contributed by atoms with E-state index in [-0.39, 0.29) is 6.61 Å². The average Bonchev–Trinajstić information content (AvgIpc) is 2.62. The normalized spacial score (nSPS) is 16.2. The summed E-state index contributed by atoms with van der Waals surface area (Å²) in [5.74, 6) is 0.690. The second kappa shape index (κ2) is 7.57. The van der Waals surface area contributed by atoms with Crippen LogP contribution in [0.1, 0.15) is 5.56 Å². The Morgan fingerprint density at radius 1 is 1.08 bits per heavy atom. The van der Waals surface area contributed by atoms with E-state index in [0.29, 0.717) is 30.3 Å². The molecule has 132 valence electrons. The number of amides is 1. The largest absolute Gasteiger partial charge is 0.443 e. The summed E-state index contributed by atoms with van der Waals surface area (Å²) in [5.41, 5.74) is 8.31. The molecule has 0 atom stereocenters. The summed E-state index contributed by atoms with van der Waals surface area (Å²) in [6.45, 7) is 1.30. The summed E-state index contributed by atoms with van der Waals surface area (Å²) in [5, 5.41) is 0. The predicted octanol–water partition coefficient (Wildman–Crippen LogP) is 2.89. The first-order valence-corrected chi connectivity index (χ1v) is 9.93. The molecule has 2 N–H and O–H groups in total. The van der Waals surface area contributed by atoms with Gasteiger partial charge in [0.2, 0.25) is 0 Å². The Balaban J connectivity index is 1.57. The standard InChI is InChI=1S/C18H21N3O3S/c19-16-6-8-17(9-7-16)21-10-12-25(23,13-11-21)20-18(22)24-14-15-4-2-1-3-5-15/h1-9H,10-14,19H2. The van der Waals surface area contributed by atoms with E-state index in [4.69, 9.17) is 10.5 Å². The lowest BCUT2D eigenvalue weighted by atomic mass is 10.2. The summed E-state index contributed by atoms with van der Waals surface area (Å²) in [6.07, 6.45) is -0.755. The quantitative estimate of drug-likeness (QED) is 0.852. The molecule has 6 nitrogen and oxygen atoms in total. The molecule has 3 rings (SSSR count). The van der Waals surface area contributed by atoms with Crippen molar-refractivity contribution >= 4 is 27.2 Å². The number of benzene rings is 2. The van der Waals surface area contributed by atoms with Gasteiger partial charge in [0.1, 0.15) is 6.61 Å². The highest BCUT2D eigenvalue weighted by Gasteiger charge is 2.22. The summed E-state index contributed by atoms with van der Waals surface area (Å²) < 4.78 is 21.7. The number of carbonyl (C=O) groups is 1. The van der Waals surface area contributed by atoms with Gasteiger partial charge in [0, 0.05) is 36.0 Å². The summed E-state index contributed by atoms with van der Waals surface area (Å²) >= 11 is 0. The number of hydrogen-bond acceptors (Lipinski definition) is 5. The van der Waals surface area contributed by atoms with Gasteiger partial charge in [-0.15, -0.1) is 4.36 Å². The van der Waals surface area contributed by atoms with Crippen molar-refractivity contribution in [2.75, 3.05) is 35.2 Å². The highest BCUT2D eigenvalue weighted by atomic mass is 32.2. The van der Waals surface area contributed by atoms with Crippen molar-refractivity contribution < 1.29 is 13.7 Å². The molecule has 0 aromatic heterocycles. The molecule has 0 spiro atoms. The topological polar surface area (TPSA) is 85.0 Å². The van der Waals surface area contributed by atoms with Crippen LogP contribution in [-0.2, 0) is 21.1 Å². The van der Waals surface area contributed by atoms with Crippen LogP contribution >= 0.6 is 0 Å². The average molecular weight is 359 g/mol. The number of ether oxygens (including phenoxy) is 1. The SMILES string of the molecule is Nc1ccc(N2CCS(=O)(=NC(=O)OCc3ccccc3)CC2)cc1. The fraction of sp³-hybridized carbons (Fsp3) is 0.278. The van der Waals surface area contributed by atoms with Crippen LogP contribution in [0.25, 0.3) is 0 Å². The molecule has 2 aromatic rings. The number of nitrogen functional groups attached to an aromatic ring is 1. The van der Waals surface area contributed by atoms with E-state index in [9.17, 15) is 9.00 Å². The van der Waals surface area contributed by atoms with E-state index >= 15 is 0 Å². The lowest BCUT2D eigenvalue weighted by Crippen LogP contribution is -2.40. The number of anilines is 2. The molecule has 1 saturated heterocycles. The maximum atomic E-state index is 12.7. The van der Waals surface area contributed by atoms with Crippen molar-refractivity contribution in [3.8, 4) is 0 Å². The molecule has 1 aliphatic rings. The summed E-state index contributed by atoms with van der Waals surface area (Å²) in [6, 6.07) is 16.9. The highest BCUT2D eigenvalue weighted by molar-refractivity contribution is 7.94. The van der Waals surface area contributed by atoms with Gasteiger partial charge < -0.3 is 15.4 Å². The van der Waals surface area contributed by atoms with Crippen LogP contribution in [0.4, 0.5) is 16.2 Å². The number of rotatable bonds is 3. The maximum Gasteiger partial charge on any atom is 0.442 e. The molecule has 0 aliphatic carbocycles. The van der Waals surface area contributed by atoms with Crippen molar-refractivity contribution in [1.29, 1.82) is 0 Å². The van der Waals surface area contributed by atoms with Crippen LogP contribution in [0.15, 0.2) is 59.0 Å². The predicted molar refractivity (Wildman–Crippen MR) is 100.0 cm³/mol. The molecule has 1 aliphatic heterocycles. The van der Waals surface area contributed by atoms with Gasteiger partial charge in [0.05, 0.1) is 9.73 Å². The van der Waals surface area contributed by atoms with Crippen LogP contribution in [-0.4, -0.2) is 34.9 Å². The third-order valence-corrected chi connectivity index (χ3v) is 6.19. The molecule has 1 heterocycles. The third kappa shape index (κ3) is 4.73. The second-order valence-corrected chi connectivity index (χ2v) is 8.44. The fourth-order valence-corrected chi connectivity index (χ4v) is 4.36. The molecule has 1 fully saturated rings. The molecular formula is C18H21N3O3S. The van der Waals surface area contributed by atoms with Gasteiger partial charge in [-0.1, -0.05) is 30.3 Å². The van der Waals surface area contributed by atoms with Gasteiger partial charge in [0.15, 0.2) is 0 Å². The van der Waals surface area contributed by atoms with Gasteiger partial charge in [-0.05, 0) is 29.8 Å². The van der Waals surface area contributed by atoms with Crippen molar-refractivity contribution in [2.24, 2.45) is 4.36 Å². The number of nitrogens with zero attached hydrogens (tertiary/aromatic N) is 2. The van der Waals surface area contributed by atoms with Crippen LogP contribution in [0.2, 0.25) is 0 Å². The van der Waals surface area contributed by atoms with Crippen LogP contribution in [0.3, 0.4) is 0 Å². The second-order valence-electron chi connectivity index (χ2n) is 5.89. The summed E-state index contributed by atoms with van der Waals surface area (Å²) in [4.78, 5) is 14.0. The van der Waals surface area contributed by atoms with E-state index in [1.54, 1.807) is 0 Å². The van der Waals surface area contributed by atoms with Crippen molar-refractivity contribution in [2.45, 2.75) is 6.61 Å². The Morgan fingerprint density at radius 2 is 1.72 bits per heavy atom. The van der Waals surface area contributed by atoms with Crippen molar-refractivity contribution in [3.05, 3.63) is 60.2 Å². The highest BCUT2D eigenvalue weighted by Crippen LogP contribution is 2.19. The molecule has 7 heteroatoms. The number of carbonyl (C=O) groups excluding carboxylic acids is 1. The molecule has 25 heavy (non-hydrogen) atoms. The van der Waals surface area contributed by atoms with Crippen molar-refractivity contribution in [3.63, 3.8) is 0 Å². The lowest BCUT2D eigenvalue weighted by molar-refractivity contribution is 0.151. The van der Waals surface area contributed by atoms with Crippen LogP contribution in [0, 0.1) is 0 Å². The minimum Gasteiger partial charge on any atom is -0.443 e. The zero-order chi connectivity index (χ0) is 17.7. The lowest BCUT2D eigenvalue weighted by Gasteiger charge is -2.30. The van der Waals surface area contributed by atoms with Gasteiger partial charge in [-0.25, -0.2) is 9.00 Å². The van der Waals surface area contributed by atoms with E-state index in [2.05, 4.69) is 9.26 Å². The van der Waals surface area contributed by atoms with E-state index in [1.165, 1.54) is 0 Å². The van der Waals surface area contributed by atoms with Crippen LogP contribution < -0.4 is 10.6 Å². The Bertz CT molecular complexity index is 830. The van der Waals surface area contributed by atoms with Crippen molar-refractivity contribution in [1.82, 2.24) is 0 Å².